The highest BCUT2D eigenvalue weighted by molar-refractivity contribution is 6.05. The molecule has 1 N–H and O–H groups in total. The second-order valence-corrected chi connectivity index (χ2v) is 7.34. The number of anilines is 1. The minimum absolute atomic E-state index is 0.220. The van der Waals surface area contributed by atoms with Crippen LogP contribution < -0.4 is 10.1 Å². The molecule has 1 amide bonds. The van der Waals surface area contributed by atoms with E-state index in [0.29, 0.717) is 29.8 Å². The number of amides is 1. The molecule has 0 fully saturated rings. The molecule has 0 spiro atoms. The van der Waals surface area contributed by atoms with E-state index in [0.717, 1.165) is 28.2 Å². The molecule has 0 aliphatic rings. The molecule has 31 heavy (non-hydrogen) atoms. The summed E-state index contributed by atoms with van der Waals surface area (Å²) in [5, 5.41) is 7.51. The van der Waals surface area contributed by atoms with Gasteiger partial charge in [-0.2, -0.15) is 5.10 Å². The largest absolute Gasteiger partial charge is 0.495 e. The quantitative estimate of drug-likeness (QED) is 0.579. The maximum absolute atomic E-state index is 12.7. The van der Waals surface area contributed by atoms with Crippen molar-refractivity contribution in [1.29, 1.82) is 0 Å². The molecule has 0 aliphatic heterocycles. The topological polar surface area (TPSA) is 82.5 Å². The zero-order chi connectivity index (χ0) is 22.5. The summed E-state index contributed by atoms with van der Waals surface area (Å²) in [6.45, 7) is 5.85. The Bertz CT molecular complexity index is 1100. The van der Waals surface area contributed by atoms with E-state index in [4.69, 9.17) is 9.47 Å². The van der Waals surface area contributed by atoms with Gasteiger partial charge in [0.2, 0.25) is 0 Å². The van der Waals surface area contributed by atoms with E-state index in [1.54, 1.807) is 19.2 Å². The van der Waals surface area contributed by atoms with E-state index in [1.165, 1.54) is 7.11 Å². The number of hydrogen-bond acceptors (Lipinski definition) is 5. The number of carbonyl (C=O) groups excluding carboxylic acids is 2. The van der Waals surface area contributed by atoms with Crippen molar-refractivity contribution in [2.45, 2.75) is 33.6 Å². The molecule has 7 heteroatoms. The summed E-state index contributed by atoms with van der Waals surface area (Å²) < 4.78 is 11.9. The van der Waals surface area contributed by atoms with Gasteiger partial charge in [0, 0.05) is 17.7 Å². The number of aromatic nitrogens is 2. The normalized spacial score (nSPS) is 10.6. The van der Waals surface area contributed by atoms with Crippen molar-refractivity contribution >= 4 is 17.6 Å². The number of methoxy groups -OCH3 is 2. The van der Waals surface area contributed by atoms with E-state index in [9.17, 15) is 9.59 Å². The van der Waals surface area contributed by atoms with Gasteiger partial charge in [-0.15, -0.1) is 0 Å². The van der Waals surface area contributed by atoms with E-state index >= 15 is 0 Å². The molecule has 0 radical (unpaired) electrons. The fraction of sp³-hybridized carbons (Fsp3) is 0.292. The standard InChI is InChI=1S/C24H27N3O4/c1-15-6-12-22(30-4)21(14-15)25-24(29)18-7-9-19(10-8-18)27-17(3)20(16(2)26-27)11-13-23(28)31-5/h6-10,12,14H,11,13H2,1-5H3,(H,25,29). The molecule has 3 aromatic rings. The van der Waals surface area contributed by atoms with Crippen molar-refractivity contribution in [1.82, 2.24) is 9.78 Å². The van der Waals surface area contributed by atoms with Crippen molar-refractivity contribution in [3.63, 3.8) is 0 Å². The number of nitrogens with one attached hydrogen (secondary N) is 1. The molecule has 3 rings (SSSR count). The van der Waals surface area contributed by atoms with E-state index in [-0.39, 0.29) is 11.9 Å². The third-order valence-corrected chi connectivity index (χ3v) is 5.23. The van der Waals surface area contributed by atoms with Gasteiger partial charge in [-0.1, -0.05) is 6.07 Å². The molecule has 1 heterocycles. The first-order chi connectivity index (χ1) is 14.8. The highest BCUT2D eigenvalue weighted by Gasteiger charge is 2.15. The van der Waals surface area contributed by atoms with Crippen molar-refractivity contribution in [2.24, 2.45) is 0 Å². The average molecular weight is 421 g/mol. The Labute approximate surface area is 182 Å². The van der Waals surface area contributed by atoms with Gasteiger partial charge in [-0.3, -0.25) is 9.59 Å². The lowest BCUT2D eigenvalue weighted by Gasteiger charge is -2.11. The van der Waals surface area contributed by atoms with Crippen LogP contribution in [0.5, 0.6) is 5.75 Å². The molecular formula is C24H27N3O4. The van der Waals surface area contributed by atoms with Gasteiger partial charge in [0.25, 0.3) is 5.91 Å². The summed E-state index contributed by atoms with van der Waals surface area (Å²) in [6.07, 6.45) is 0.883. The van der Waals surface area contributed by atoms with Crippen LogP contribution in [0.25, 0.3) is 5.69 Å². The summed E-state index contributed by atoms with van der Waals surface area (Å²) in [7, 11) is 2.96. The molecular weight excluding hydrogens is 394 g/mol. The van der Waals surface area contributed by atoms with E-state index < -0.39 is 0 Å². The first kappa shape index (κ1) is 22.1. The highest BCUT2D eigenvalue weighted by atomic mass is 16.5. The SMILES string of the molecule is COC(=O)CCc1c(C)nn(-c2ccc(C(=O)Nc3cc(C)ccc3OC)cc2)c1C. The van der Waals surface area contributed by atoms with E-state index in [1.807, 2.05) is 55.8 Å². The smallest absolute Gasteiger partial charge is 0.305 e. The fourth-order valence-corrected chi connectivity index (χ4v) is 3.49. The van der Waals surface area contributed by atoms with Crippen molar-refractivity contribution in [3.05, 3.63) is 70.5 Å². The summed E-state index contributed by atoms with van der Waals surface area (Å²) in [5.41, 5.74) is 5.88. The zero-order valence-electron chi connectivity index (χ0n) is 18.5. The Balaban J connectivity index is 1.78. The second kappa shape index (κ2) is 9.47. The van der Waals surface area contributed by atoms with Crippen LogP contribution in [0.4, 0.5) is 5.69 Å². The minimum Gasteiger partial charge on any atom is -0.495 e. The van der Waals surface area contributed by atoms with Crippen LogP contribution in [0, 0.1) is 20.8 Å². The van der Waals surface area contributed by atoms with Crippen LogP contribution >= 0.6 is 0 Å². The lowest BCUT2D eigenvalue weighted by molar-refractivity contribution is -0.140. The lowest BCUT2D eigenvalue weighted by atomic mass is 10.1. The van der Waals surface area contributed by atoms with Crippen LogP contribution in [0.3, 0.4) is 0 Å². The Hall–Kier alpha value is -3.61. The van der Waals surface area contributed by atoms with Gasteiger partial charge >= 0.3 is 5.97 Å². The van der Waals surface area contributed by atoms with Gasteiger partial charge in [0.05, 0.1) is 31.3 Å². The van der Waals surface area contributed by atoms with Crippen LogP contribution in [-0.2, 0) is 16.0 Å². The molecule has 0 saturated carbocycles. The maximum Gasteiger partial charge on any atom is 0.305 e. The molecule has 2 aromatic carbocycles. The summed E-state index contributed by atoms with van der Waals surface area (Å²) in [4.78, 5) is 24.2. The molecule has 7 nitrogen and oxygen atoms in total. The first-order valence-corrected chi connectivity index (χ1v) is 10.0. The Morgan fingerprint density at radius 2 is 1.74 bits per heavy atom. The predicted octanol–water partition coefficient (Wildman–Crippen LogP) is 4.16. The van der Waals surface area contributed by atoms with Crippen LogP contribution in [0.15, 0.2) is 42.5 Å². The summed E-state index contributed by atoms with van der Waals surface area (Å²) in [5.74, 6) is 0.146. The first-order valence-electron chi connectivity index (χ1n) is 10.0. The zero-order valence-corrected chi connectivity index (χ0v) is 18.5. The fourth-order valence-electron chi connectivity index (χ4n) is 3.49. The van der Waals surface area contributed by atoms with Crippen LogP contribution in [0.2, 0.25) is 0 Å². The number of nitrogens with zero attached hydrogens (tertiary/aromatic N) is 2. The Morgan fingerprint density at radius 3 is 2.39 bits per heavy atom. The third kappa shape index (κ3) is 4.94. The molecule has 0 unspecified atom stereocenters. The lowest BCUT2D eigenvalue weighted by Crippen LogP contribution is -2.13. The number of carbonyl (C=O) groups is 2. The molecule has 1 aromatic heterocycles. The van der Waals surface area contributed by atoms with Crippen LogP contribution in [0.1, 0.15) is 39.3 Å². The molecule has 0 atom stereocenters. The number of rotatable bonds is 7. The van der Waals surface area contributed by atoms with Gasteiger partial charge < -0.3 is 14.8 Å². The van der Waals surface area contributed by atoms with Gasteiger partial charge in [0.1, 0.15) is 5.75 Å². The third-order valence-electron chi connectivity index (χ3n) is 5.23. The number of benzene rings is 2. The Kier molecular flexibility index (Phi) is 6.74. The minimum atomic E-state index is -0.243. The molecule has 0 aliphatic carbocycles. The van der Waals surface area contributed by atoms with E-state index in [2.05, 4.69) is 10.4 Å². The summed E-state index contributed by atoms with van der Waals surface area (Å²) in [6, 6.07) is 12.9. The average Bonchev–Trinajstić information content (AvgIpc) is 3.05. The number of esters is 1. The monoisotopic (exact) mass is 421 g/mol. The highest BCUT2D eigenvalue weighted by Crippen LogP contribution is 2.26. The maximum atomic E-state index is 12.7. The number of ether oxygens (including phenoxy) is 2. The second-order valence-electron chi connectivity index (χ2n) is 7.34. The molecule has 0 bridgehead atoms. The van der Waals surface area contributed by atoms with Crippen molar-refractivity contribution in [2.75, 3.05) is 19.5 Å². The van der Waals surface area contributed by atoms with Gasteiger partial charge in [0.15, 0.2) is 0 Å². The van der Waals surface area contributed by atoms with Crippen LogP contribution in [-0.4, -0.2) is 35.9 Å². The van der Waals surface area contributed by atoms with Gasteiger partial charge in [-0.05, 0) is 74.7 Å². The number of aryl methyl sites for hydroxylation is 2. The molecule has 0 saturated heterocycles. The molecule has 162 valence electrons. The summed E-state index contributed by atoms with van der Waals surface area (Å²) >= 11 is 0. The van der Waals surface area contributed by atoms with Crippen molar-refractivity contribution in [3.8, 4) is 11.4 Å². The van der Waals surface area contributed by atoms with Crippen molar-refractivity contribution < 1.29 is 19.1 Å². The predicted molar refractivity (Wildman–Crippen MR) is 119 cm³/mol. The number of hydrogen-bond donors (Lipinski definition) is 1. The Morgan fingerprint density at radius 1 is 1.03 bits per heavy atom. The van der Waals surface area contributed by atoms with Gasteiger partial charge in [-0.25, -0.2) is 4.68 Å².